The van der Waals surface area contributed by atoms with Crippen LogP contribution in [-0.2, 0) is 21.2 Å². The number of amides is 1. The van der Waals surface area contributed by atoms with Crippen LogP contribution >= 0.6 is 0 Å². The lowest BCUT2D eigenvalue weighted by atomic mass is 10.1. The third-order valence-electron chi connectivity index (χ3n) is 5.84. The number of rotatable bonds is 7. The molecule has 7 nitrogen and oxygen atoms in total. The number of aliphatic hydroxyl groups excluding tert-OH is 1. The number of para-hydroxylation sites is 1. The van der Waals surface area contributed by atoms with Crippen molar-refractivity contribution < 1.29 is 27.8 Å². The Morgan fingerprint density at radius 1 is 0.912 bits per heavy atom. The van der Waals surface area contributed by atoms with Gasteiger partial charge in [-0.25, -0.2) is 8.42 Å². The van der Waals surface area contributed by atoms with Crippen LogP contribution in [0.2, 0.25) is 0 Å². The summed E-state index contributed by atoms with van der Waals surface area (Å²) in [5.74, 6) is -0.410. The van der Waals surface area contributed by atoms with Gasteiger partial charge in [-0.05, 0) is 42.8 Å². The van der Waals surface area contributed by atoms with E-state index in [9.17, 15) is 18.3 Å². The first kappa shape index (κ1) is 23.4. The number of aliphatic hydroxyl groups is 1. The van der Waals surface area contributed by atoms with Gasteiger partial charge in [0.25, 0.3) is 5.91 Å². The second kappa shape index (κ2) is 9.23. The second-order valence-corrected chi connectivity index (χ2v) is 9.87. The molecule has 8 heteroatoms. The molecule has 0 spiro atoms. The minimum atomic E-state index is -4.19. The summed E-state index contributed by atoms with van der Waals surface area (Å²) in [5.41, 5.74) is 2.10. The highest BCUT2D eigenvalue weighted by Crippen LogP contribution is 2.44. The molecule has 4 rings (SSSR count). The largest absolute Gasteiger partial charge is 0.502 e. The number of sulfone groups is 1. The van der Waals surface area contributed by atoms with Gasteiger partial charge in [0.1, 0.15) is 16.4 Å². The van der Waals surface area contributed by atoms with Gasteiger partial charge in [0.15, 0.2) is 5.76 Å². The molecule has 1 aliphatic heterocycles. The van der Waals surface area contributed by atoms with Crippen LogP contribution in [0.3, 0.4) is 0 Å². The summed E-state index contributed by atoms with van der Waals surface area (Å²) >= 11 is 0. The first-order valence-corrected chi connectivity index (χ1v) is 12.1. The zero-order valence-electron chi connectivity index (χ0n) is 19.1. The van der Waals surface area contributed by atoms with Crippen molar-refractivity contribution >= 4 is 15.7 Å². The van der Waals surface area contributed by atoms with Crippen LogP contribution in [0.15, 0.2) is 88.4 Å². The van der Waals surface area contributed by atoms with Crippen LogP contribution in [0.5, 0.6) is 11.5 Å². The second-order valence-electron chi connectivity index (χ2n) is 7.95. The van der Waals surface area contributed by atoms with Crippen molar-refractivity contribution in [1.29, 1.82) is 0 Å². The van der Waals surface area contributed by atoms with E-state index in [2.05, 4.69) is 0 Å². The maximum absolute atomic E-state index is 13.7. The summed E-state index contributed by atoms with van der Waals surface area (Å²) in [6, 6.07) is 19.2. The quantitative estimate of drug-likeness (QED) is 0.542. The van der Waals surface area contributed by atoms with Crippen molar-refractivity contribution in [3.8, 4) is 11.5 Å². The molecule has 1 atom stereocenters. The van der Waals surface area contributed by atoms with Gasteiger partial charge in [0.05, 0.1) is 31.7 Å². The minimum Gasteiger partial charge on any atom is -0.502 e. The number of ether oxygens (including phenoxy) is 2. The fourth-order valence-corrected chi connectivity index (χ4v) is 5.69. The third-order valence-corrected chi connectivity index (χ3v) is 7.73. The number of nitrogens with zero attached hydrogens (tertiary/aromatic N) is 1. The van der Waals surface area contributed by atoms with E-state index in [1.165, 1.54) is 31.3 Å². The van der Waals surface area contributed by atoms with Gasteiger partial charge in [-0.1, -0.05) is 48.0 Å². The molecule has 176 valence electrons. The number of carbonyl (C=O) groups is 1. The molecule has 0 saturated carbocycles. The molecule has 1 amide bonds. The molecule has 1 N–H and O–H groups in total. The molecule has 1 aliphatic rings. The minimum absolute atomic E-state index is 0.00473. The molecule has 0 unspecified atom stereocenters. The maximum Gasteiger partial charge on any atom is 0.290 e. The standard InChI is InChI=1S/C26H25NO6S/c1-17-8-14-21(15-9-17)34(30,31)25-23(18-10-12-20(32-2)13-11-18)27(26(29)24(25)28)16-19-6-4-5-7-22(19)33-3/h4-15,23,28H,16H2,1-3H3/t23-/m1/s1. The third kappa shape index (κ3) is 4.12. The smallest absolute Gasteiger partial charge is 0.290 e. The summed E-state index contributed by atoms with van der Waals surface area (Å²) in [6.45, 7) is 1.89. The highest BCUT2D eigenvalue weighted by molar-refractivity contribution is 7.95. The summed E-state index contributed by atoms with van der Waals surface area (Å²) < 4.78 is 38.0. The predicted octanol–water partition coefficient (Wildman–Crippen LogP) is 4.34. The van der Waals surface area contributed by atoms with Crippen molar-refractivity contribution in [1.82, 2.24) is 4.90 Å². The van der Waals surface area contributed by atoms with E-state index in [4.69, 9.17) is 9.47 Å². The number of aryl methyl sites for hydroxylation is 1. The van der Waals surface area contributed by atoms with Gasteiger partial charge in [0.2, 0.25) is 9.84 Å². The van der Waals surface area contributed by atoms with Crippen LogP contribution in [0.4, 0.5) is 0 Å². The zero-order chi connectivity index (χ0) is 24.5. The average molecular weight is 480 g/mol. The number of hydrogen-bond acceptors (Lipinski definition) is 6. The number of carbonyl (C=O) groups excluding carboxylic acids is 1. The molecule has 1 heterocycles. The summed E-state index contributed by atoms with van der Waals surface area (Å²) in [6.07, 6.45) is 0. The SMILES string of the molecule is COc1ccc([C@@H]2C(S(=O)(=O)c3ccc(C)cc3)=C(O)C(=O)N2Cc2ccccc2OC)cc1. The molecule has 0 radical (unpaired) electrons. The van der Waals surface area contributed by atoms with Gasteiger partial charge in [-0.2, -0.15) is 0 Å². The van der Waals surface area contributed by atoms with Gasteiger partial charge >= 0.3 is 0 Å². The summed E-state index contributed by atoms with van der Waals surface area (Å²) in [4.78, 5) is 14.2. The molecule has 0 saturated heterocycles. The Morgan fingerprint density at radius 2 is 1.56 bits per heavy atom. The normalized spacial score (nSPS) is 16.1. The van der Waals surface area contributed by atoms with Crippen LogP contribution in [-0.4, -0.2) is 38.6 Å². The first-order valence-electron chi connectivity index (χ1n) is 10.6. The van der Waals surface area contributed by atoms with Crippen LogP contribution in [0, 0.1) is 6.92 Å². The highest BCUT2D eigenvalue weighted by atomic mass is 32.2. The topological polar surface area (TPSA) is 93.1 Å². The van der Waals surface area contributed by atoms with Gasteiger partial charge in [0, 0.05) is 5.56 Å². The molecular weight excluding hydrogens is 454 g/mol. The van der Waals surface area contributed by atoms with Crippen molar-refractivity contribution in [2.75, 3.05) is 14.2 Å². The first-order chi connectivity index (χ1) is 16.3. The van der Waals surface area contributed by atoms with E-state index >= 15 is 0 Å². The summed E-state index contributed by atoms with van der Waals surface area (Å²) in [5, 5.41) is 10.9. The van der Waals surface area contributed by atoms with E-state index in [-0.39, 0.29) is 16.3 Å². The molecule has 3 aromatic carbocycles. The van der Waals surface area contributed by atoms with Gasteiger partial charge in [-0.3, -0.25) is 4.79 Å². The average Bonchev–Trinajstić information content (AvgIpc) is 3.10. The molecule has 3 aromatic rings. The van der Waals surface area contributed by atoms with Crippen molar-refractivity contribution in [2.45, 2.75) is 24.4 Å². The maximum atomic E-state index is 13.7. The van der Waals surface area contributed by atoms with E-state index in [1.807, 2.05) is 6.92 Å². The van der Waals surface area contributed by atoms with Crippen LogP contribution in [0.25, 0.3) is 0 Å². The Labute approximate surface area is 198 Å². The fraction of sp³-hybridized carbons (Fsp3) is 0.192. The van der Waals surface area contributed by atoms with E-state index in [0.29, 0.717) is 22.6 Å². The van der Waals surface area contributed by atoms with E-state index in [0.717, 1.165) is 5.56 Å². The lowest BCUT2D eigenvalue weighted by molar-refractivity contribution is -0.130. The molecule has 0 aliphatic carbocycles. The lowest BCUT2D eigenvalue weighted by Gasteiger charge is -2.27. The van der Waals surface area contributed by atoms with E-state index in [1.54, 1.807) is 60.7 Å². The number of hydrogen-bond donors (Lipinski definition) is 1. The molecular formula is C26H25NO6S. The van der Waals surface area contributed by atoms with E-state index < -0.39 is 27.5 Å². The predicted molar refractivity (Wildman–Crippen MR) is 127 cm³/mol. The Hall–Kier alpha value is -3.78. The monoisotopic (exact) mass is 479 g/mol. The zero-order valence-corrected chi connectivity index (χ0v) is 19.9. The molecule has 34 heavy (non-hydrogen) atoms. The highest BCUT2D eigenvalue weighted by Gasteiger charge is 2.47. The Balaban J connectivity index is 1.86. The molecule has 0 bridgehead atoms. The van der Waals surface area contributed by atoms with Crippen molar-refractivity contribution in [2.24, 2.45) is 0 Å². The van der Waals surface area contributed by atoms with Crippen LogP contribution < -0.4 is 9.47 Å². The Kier molecular flexibility index (Phi) is 6.34. The molecule has 0 fully saturated rings. The fourth-order valence-electron chi connectivity index (χ4n) is 4.05. The van der Waals surface area contributed by atoms with Gasteiger partial charge < -0.3 is 19.5 Å². The van der Waals surface area contributed by atoms with Crippen LogP contribution in [0.1, 0.15) is 22.7 Å². The van der Waals surface area contributed by atoms with Crippen molar-refractivity contribution in [3.05, 3.63) is 100 Å². The lowest BCUT2D eigenvalue weighted by Crippen LogP contribution is -2.31. The van der Waals surface area contributed by atoms with Crippen molar-refractivity contribution in [3.63, 3.8) is 0 Å². The number of benzene rings is 3. The summed E-state index contributed by atoms with van der Waals surface area (Å²) in [7, 11) is -1.14. The molecule has 0 aromatic heterocycles. The Morgan fingerprint density at radius 3 is 2.18 bits per heavy atom. The van der Waals surface area contributed by atoms with Gasteiger partial charge in [-0.15, -0.1) is 0 Å². The Bertz CT molecular complexity index is 1340. The number of methoxy groups -OCH3 is 2.